The lowest BCUT2D eigenvalue weighted by molar-refractivity contribution is -0.138. The minimum atomic E-state index is -2.08. The van der Waals surface area contributed by atoms with Gasteiger partial charge in [0.05, 0.1) is 30.2 Å². The number of rotatable bonds is 11. The molecule has 0 spiro atoms. The summed E-state index contributed by atoms with van der Waals surface area (Å²) in [6, 6.07) is 20.7. The van der Waals surface area contributed by atoms with Crippen LogP contribution in [-0.2, 0) is 30.9 Å². The molecule has 0 aliphatic heterocycles. The van der Waals surface area contributed by atoms with Crippen molar-refractivity contribution in [2.45, 2.75) is 12.3 Å². The molecular weight excluding hydrogens is 443 g/mol. The lowest BCUT2D eigenvalue weighted by Gasteiger charge is -2.24. The van der Waals surface area contributed by atoms with Gasteiger partial charge in [-0.1, -0.05) is 72.5 Å². The maximum Gasteiger partial charge on any atom is 0.316 e. The molecule has 29 heavy (non-hydrogen) atoms. The summed E-state index contributed by atoms with van der Waals surface area (Å²) in [4.78, 5) is 23.3. The van der Waals surface area contributed by atoms with E-state index < -0.39 is 4.44 Å². The SMILES string of the molecule is COC(=O)CSP(=S)(CCC(c1ccccc1)c1ccccc1)SCC(=O)OC. The van der Waals surface area contributed by atoms with Crippen LogP contribution < -0.4 is 0 Å². The van der Waals surface area contributed by atoms with E-state index in [0.717, 1.165) is 12.6 Å². The van der Waals surface area contributed by atoms with Crippen molar-refractivity contribution in [3.05, 3.63) is 71.8 Å². The Hall–Kier alpha value is -1.27. The molecule has 0 unspecified atom stereocenters. The van der Waals surface area contributed by atoms with E-state index in [4.69, 9.17) is 21.3 Å². The van der Waals surface area contributed by atoms with E-state index in [1.54, 1.807) is 0 Å². The molecule has 2 aromatic carbocycles. The minimum absolute atomic E-state index is 0.198. The predicted octanol–water partition coefficient (Wildman–Crippen LogP) is 5.33. The third kappa shape index (κ3) is 8.17. The highest BCUT2D eigenvalue weighted by Crippen LogP contribution is 2.70. The second-order valence-corrected chi connectivity index (χ2v) is 18.2. The van der Waals surface area contributed by atoms with Crippen LogP contribution in [0.25, 0.3) is 0 Å². The first-order valence-electron chi connectivity index (χ1n) is 9.09. The molecule has 0 saturated carbocycles. The Morgan fingerprint density at radius 3 is 1.66 bits per heavy atom. The van der Waals surface area contributed by atoms with Crippen molar-refractivity contribution < 1.29 is 19.1 Å². The standard InChI is InChI=1S/C21H25O4PS3/c1-24-20(22)15-28-26(27,29-16-21(23)25-2)14-13-19(17-9-5-3-6-10-17)18-11-7-4-8-12-18/h3-12,19H,13-16H2,1-2H3. The predicted molar refractivity (Wildman–Crippen MR) is 127 cm³/mol. The molecule has 0 aromatic heterocycles. The van der Waals surface area contributed by atoms with Gasteiger partial charge in [-0.3, -0.25) is 9.59 Å². The van der Waals surface area contributed by atoms with Crippen LogP contribution in [0.1, 0.15) is 23.5 Å². The fourth-order valence-electron chi connectivity index (χ4n) is 2.77. The molecule has 0 radical (unpaired) electrons. The molecule has 0 fully saturated rings. The highest BCUT2D eigenvalue weighted by atomic mass is 33.2. The number of benzene rings is 2. The molecule has 2 aromatic rings. The Balaban J connectivity index is 2.18. The number of hydrogen-bond donors (Lipinski definition) is 0. The van der Waals surface area contributed by atoms with E-state index in [1.165, 1.54) is 48.1 Å². The van der Waals surface area contributed by atoms with E-state index in [9.17, 15) is 9.59 Å². The Kier molecular flexibility index (Phi) is 10.3. The van der Waals surface area contributed by atoms with Crippen LogP contribution >= 0.6 is 27.2 Å². The van der Waals surface area contributed by atoms with Crippen LogP contribution in [0.4, 0.5) is 0 Å². The third-order valence-electron chi connectivity index (χ3n) is 4.31. The highest BCUT2D eigenvalue weighted by molar-refractivity contribution is 9.00. The van der Waals surface area contributed by atoms with Crippen molar-refractivity contribution >= 4 is 51.0 Å². The molecule has 0 amide bonds. The zero-order chi connectivity index (χ0) is 21.1. The van der Waals surface area contributed by atoms with Gasteiger partial charge >= 0.3 is 11.9 Å². The molecule has 2 rings (SSSR count). The Labute approximate surface area is 185 Å². The van der Waals surface area contributed by atoms with Gasteiger partial charge in [-0.25, -0.2) is 0 Å². The van der Waals surface area contributed by atoms with Crippen LogP contribution in [0.2, 0.25) is 0 Å². The maximum absolute atomic E-state index is 11.7. The summed E-state index contributed by atoms with van der Waals surface area (Å²) in [6.07, 6.45) is 1.59. The number of hydrogen-bond acceptors (Lipinski definition) is 7. The van der Waals surface area contributed by atoms with Gasteiger partial charge in [-0.2, -0.15) is 0 Å². The van der Waals surface area contributed by atoms with Crippen molar-refractivity contribution in [3.8, 4) is 0 Å². The first kappa shape index (κ1) is 24.0. The van der Waals surface area contributed by atoms with Gasteiger partial charge in [0.15, 0.2) is 0 Å². The normalized spacial score (nSPS) is 11.3. The van der Waals surface area contributed by atoms with Crippen LogP contribution in [0.15, 0.2) is 60.7 Å². The van der Waals surface area contributed by atoms with Gasteiger partial charge in [-0.15, -0.1) is 22.8 Å². The van der Waals surface area contributed by atoms with Crippen molar-refractivity contribution in [1.29, 1.82) is 0 Å². The quantitative estimate of drug-likeness (QED) is 0.326. The van der Waals surface area contributed by atoms with Crippen LogP contribution in [-0.4, -0.2) is 43.8 Å². The third-order valence-corrected chi connectivity index (χ3v) is 15.2. The van der Waals surface area contributed by atoms with Crippen LogP contribution in [0.5, 0.6) is 0 Å². The summed E-state index contributed by atoms with van der Waals surface area (Å²) in [5.41, 5.74) is 2.47. The average Bonchev–Trinajstić information content (AvgIpc) is 2.77. The molecule has 0 atom stereocenters. The minimum Gasteiger partial charge on any atom is -0.468 e. The summed E-state index contributed by atoms with van der Waals surface area (Å²) in [5, 5.41) is 0. The average molecular weight is 469 g/mol. The summed E-state index contributed by atoms with van der Waals surface area (Å²) in [6.45, 7) is 0. The lowest BCUT2D eigenvalue weighted by atomic mass is 9.89. The highest BCUT2D eigenvalue weighted by Gasteiger charge is 2.25. The number of methoxy groups -OCH3 is 2. The second kappa shape index (κ2) is 12.4. The Morgan fingerprint density at radius 1 is 0.862 bits per heavy atom. The first-order chi connectivity index (χ1) is 14.0. The van der Waals surface area contributed by atoms with Gasteiger partial charge in [0, 0.05) is 5.92 Å². The van der Waals surface area contributed by atoms with E-state index >= 15 is 0 Å². The number of carbonyl (C=O) groups is 2. The molecule has 8 heteroatoms. The van der Waals surface area contributed by atoms with Gasteiger partial charge in [0.2, 0.25) is 0 Å². The maximum atomic E-state index is 11.7. The summed E-state index contributed by atoms with van der Waals surface area (Å²) >= 11 is 8.87. The van der Waals surface area contributed by atoms with E-state index in [-0.39, 0.29) is 29.4 Å². The number of ether oxygens (including phenoxy) is 2. The molecule has 0 bridgehead atoms. The molecular formula is C21H25O4PS3. The first-order valence-corrected chi connectivity index (χ1v) is 15.3. The second-order valence-electron chi connectivity index (χ2n) is 6.20. The summed E-state index contributed by atoms with van der Waals surface area (Å²) in [5.74, 6) is 0.000328. The van der Waals surface area contributed by atoms with Crippen molar-refractivity contribution in [2.24, 2.45) is 0 Å². The van der Waals surface area contributed by atoms with Crippen LogP contribution in [0.3, 0.4) is 0 Å². The van der Waals surface area contributed by atoms with E-state index in [0.29, 0.717) is 0 Å². The fraction of sp³-hybridized carbons (Fsp3) is 0.333. The topological polar surface area (TPSA) is 52.6 Å². The van der Waals surface area contributed by atoms with E-state index in [2.05, 4.69) is 24.3 Å². The fourth-order valence-corrected chi connectivity index (χ4v) is 10.8. The molecule has 0 saturated heterocycles. The molecule has 0 heterocycles. The number of esters is 2. The summed E-state index contributed by atoms with van der Waals surface area (Å²) in [7, 11) is 2.74. The van der Waals surface area contributed by atoms with Gasteiger partial charge in [-0.05, 0) is 23.7 Å². The van der Waals surface area contributed by atoms with E-state index in [1.807, 2.05) is 36.4 Å². The van der Waals surface area contributed by atoms with Crippen molar-refractivity contribution in [3.63, 3.8) is 0 Å². The Morgan fingerprint density at radius 2 is 1.28 bits per heavy atom. The molecule has 156 valence electrons. The Bertz CT molecular complexity index is 767. The lowest BCUT2D eigenvalue weighted by Crippen LogP contribution is -2.07. The zero-order valence-corrected chi connectivity index (χ0v) is 19.8. The number of carbonyl (C=O) groups excluding carboxylic acids is 2. The van der Waals surface area contributed by atoms with Gasteiger partial charge in [0.1, 0.15) is 0 Å². The molecule has 4 nitrogen and oxygen atoms in total. The van der Waals surface area contributed by atoms with Crippen molar-refractivity contribution in [1.82, 2.24) is 0 Å². The molecule has 0 aliphatic carbocycles. The molecule has 0 N–H and O–H groups in total. The largest absolute Gasteiger partial charge is 0.468 e. The zero-order valence-electron chi connectivity index (χ0n) is 16.5. The van der Waals surface area contributed by atoms with Gasteiger partial charge < -0.3 is 9.47 Å². The summed E-state index contributed by atoms with van der Waals surface area (Å²) < 4.78 is 7.45. The smallest absolute Gasteiger partial charge is 0.316 e. The molecule has 0 aliphatic rings. The van der Waals surface area contributed by atoms with Gasteiger partial charge in [0.25, 0.3) is 0 Å². The van der Waals surface area contributed by atoms with Crippen LogP contribution in [0, 0.1) is 0 Å². The van der Waals surface area contributed by atoms with Crippen molar-refractivity contribution in [2.75, 3.05) is 31.9 Å². The monoisotopic (exact) mass is 468 g/mol.